The first-order valence-electron chi connectivity index (χ1n) is 28.7. The standard InChI is InChI=1S/C58H106N2O10/c1-6-10-13-16-19-21-22-23-24-25-26-27-29-33-39-44-55(62)67-50-53(69-57(64)49-52(42-37-32-18-15-12-8-3)70-58(65)59-46-47-60(5)9-4)51-68-56(63)45-40-35-31-34-38-43-54(61)66-48-41-36-30-28-20-17-14-11-7-2/h19,21,23-24,52-53H,6-18,20,22,25-51H2,1-5H3,(H,59,65)/b21-19-,24-23-. The molecule has 2 unspecified atom stereocenters. The van der Waals surface area contributed by atoms with Gasteiger partial charge in [-0.25, -0.2) is 4.79 Å². The zero-order valence-corrected chi connectivity index (χ0v) is 45.7. The average molecular weight is 991 g/mol. The lowest BCUT2D eigenvalue weighted by Crippen LogP contribution is -2.36. The number of allylic oxidation sites excluding steroid dienone is 4. The molecule has 0 saturated heterocycles. The average Bonchev–Trinajstić information content (AvgIpc) is 3.34. The normalized spacial score (nSPS) is 12.4. The van der Waals surface area contributed by atoms with E-state index in [0.29, 0.717) is 45.4 Å². The summed E-state index contributed by atoms with van der Waals surface area (Å²) in [6.07, 6.45) is 41.2. The number of carbonyl (C=O) groups excluding carboxylic acids is 5. The molecule has 0 aromatic rings. The molecule has 0 radical (unpaired) electrons. The number of rotatable bonds is 51. The van der Waals surface area contributed by atoms with E-state index in [1.807, 2.05) is 14.0 Å². The fourth-order valence-electron chi connectivity index (χ4n) is 7.93. The Balaban J connectivity index is 4.96. The van der Waals surface area contributed by atoms with Crippen molar-refractivity contribution in [1.29, 1.82) is 0 Å². The first-order chi connectivity index (χ1) is 34.1. The maximum Gasteiger partial charge on any atom is 0.407 e. The van der Waals surface area contributed by atoms with Crippen molar-refractivity contribution in [3.63, 3.8) is 0 Å². The largest absolute Gasteiger partial charge is 0.466 e. The summed E-state index contributed by atoms with van der Waals surface area (Å²) < 4.78 is 28.0. The molecule has 2 atom stereocenters. The van der Waals surface area contributed by atoms with Gasteiger partial charge in [0, 0.05) is 32.4 Å². The molecule has 0 heterocycles. The van der Waals surface area contributed by atoms with Crippen LogP contribution < -0.4 is 5.32 Å². The summed E-state index contributed by atoms with van der Waals surface area (Å²) in [6, 6.07) is 0. The van der Waals surface area contributed by atoms with Crippen LogP contribution in [0.4, 0.5) is 4.79 Å². The molecule has 0 aliphatic rings. The number of alkyl carbamates (subject to hydrolysis) is 1. The monoisotopic (exact) mass is 991 g/mol. The van der Waals surface area contributed by atoms with Gasteiger partial charge in [-0.2, -0.15) is 0 Å². The highest BCUT2D eigenvalue weighted by Crippen LogP contribution is 2.17. The van der Waals surface area contributed by atoms with E-state index >= 15 is 0 Å². The van der Waals surface area contributed by atoms with Gasteiger partial charge in [-0.3, -0.25) is 19.2 Å². The minimum atomic E-state index is -1.00. The Kier molecular flexibility index (Phi) is 49.4. The molecule has 0 bridgehead atoms. The third kappa shape index (κ3) is 48.2. The van der Waals surface area contributed by atoms with E-state index in [9.17, 15) is 24.0 Å². The second-order valence-corrected chi connectivity index (χ2v) is 19.4. The van der Waals surface area contributed by atoms with E-state index < -0.39 is 30.2 Å². The SMILES string of the molecule is CCCCC/C=C\C/C=C\CCCCCCCC(=O)OCC(COC(=O)CCCCCCCC(=O)OCCCCCCCCCCC)OC(=O)CC(CCCCCCCC)OC(=O)NCCN(C)CC. The second-order valence-electron chi connectivity index (χ2n) is 19.4. The summed E-state index contributed by atoms with van der Waals surface area (Å²) in [5, 5.41) is 2.78. The van der Waals surface area contributed by atoms with Crippen molar-refractivity contribution in [1.82, 2.24) is 10.2 Å². The maximum absolute atomic E-state index is 13.4. The highest BCUT2D eigenvalue weighted by atomic mass is 16.6. The number of amides is 1. The highest BCUT2D eigenvalue weighted by Gasteiger charge is 2.24. The van der Waals surface area contributed by atoms with Gasteiger partial charge < -0.3 is 33.9 Å². The summed E-state index contributed by atoms with van der Waals surface area (Å²) >= 11 is 0. The fraction of sp³-hybridized carbons (Fsp3) is 0.845. The van der Waals surface area contributed by atoms with E-state index in [4.69, 9.17) is 23.7 Å². The van der Waals surface area contributed by atoms with Gasteiger partial charge in [0.1, 0.15) is 19.3 Å². The Labute approximate surface area is 428 Å². The van der Waals surface area contributed by atoms with Crippen LogP contribution in [-0.2, 0) is 42.9 Å². The number of carbonyl (C=O) groups is 5. The van der Waals surface area contributed by atoms with Crippen molar-refractivity contribution >= 4 is 30.0 Å². The van der Waals surface area contributed by atoms with E-state index in [1.54, 1.807) is 0 Å². The maximum atomic E-state index is 13.4. The minimum absolute atomic E-state index is 0.136. The molecule has 12 heteroatoms. The number of hydrogen-bond acceptors (Lipinski definition) is 11. The van der Waals surface area contributed by atoms with Crippen LogP contribution in [0, 0.1) is 0 Å². The van der Waals surface area contributed by atoms with Crippen LogP contribution in [0.25, 0.3) is 0 Å². The third-order valence-electron chi connectivity index (χ3n) is 12.6. The molecule has 1 N–H and O–H groups in total. The lowest BCUT2D eigenvalue weighted by molar-refractivity contribution is -0.168. The Bertz CT molecular complexity index is 1310. The zero-order valence-electron chi connectivity index (χ0n) is 45.7. The smallest absolute Gasteiger partial charge is 0.407 e. The van der Waals surface area contributed by atoms with Crippen LogP contribution in [0.2, 0.25) is 0 Å². The first-order valence-corrected chi connectivity index (χ1v) is 28.7. The molecule has 0 aliphatic heterocycles. The molecule has 0 rings (SSSR count). The summed E-state index contributed by atoms with van der Waals surface area (Å²) in [5.41, 5.74) is 0. The van der Waals surface area contributed by atoms with Crippen LogP contribution in [-0.4, -0.2) is 93.6 Å². The number of unbranched alkanes of at least 4 members (excludes halogenated alkanes) is 25. The zero-order chi connectivity index (χ0) is 51.4. The third-order valence-corrected chi connectivity index (χ3v) is 12.6. The summed E-state index contributed by atoms with van der Waals surface area (Å²) in [6.45, 7) is 10.6. The van der Waals surface area contributed by atoms with Crippen molar-refractivity contribution in [3.05, 3.63) is 24.3 Å². The van der Waals surface area contributed by atoms with Gasteiger partial charge in [-0.05, 0) is 84.2 Å². The molecular formula is C58H106N2O10. The molecule has 0 fully saturated rings. The second kappa shape index (κ2) is 51.9. The van der Waals surface area contributed by atoms with Gasteiger partial charge in [-0.1, -0.05) is 187 Å². The Hall–Kier alpha value is -3.41. The van der Waals surface area contributed by atoms with Crippen molar-refractivity contribution in [3.8, 4) is 0 Å². The van der Waals surface area contributed by atoms with Crippen molar-refractivity contribution in [2.24, 2.45) is 0 Å². The van der Waals surface area contributed by atoms with Crippen LogP contribution in [0.3, 0.4) is 0 Å². The molecule has 0 spiro atoms. The molecule has 0 aliphatic carbocycles. The van der Waals surface area contributed by atoms with Crippen molar-refractivity contribution < 1.29 is 47.7 Å². The van der Waals surface area contributed by atoms with E-state index in [0.717, 1.165) is 116 Å². The van der Waals surface area contributed by atoms with Crippen molar-refractivity contribution in [2.75, 3.05) is 46.5 Å². The first kappa shape index (κ1) is 66.6. The number of likely N-dealkylation sites (N-methyl/N-ethyl adjacent to an activating group) is 1. The molecule has 12 nitrogen and oxygen atoms in total. The van der Waals surface area contributed by atoms with Crippen LogP contribution >= 0.6 is 0 Å². The lowest BCUT2D eigenvalue weighted by atomic mass is 10.1. The summed E-state index contributed by atoms with van der Waals surface area (Å²) in [4.78, 5) is 66.0. The van der Waals surface area contributed by atoms with Gasteiger partial charge in [0.2, 0.25) is 0 Å². The van der Waals surface area contributed by atoms with Gasteiger partial charge in [0.15, 0.2) is 6.10 Å². The molecule has 70 heavy (non-hydrogen) atoms. The summed E-state index contributed by atoms with van der Waals surface area (Å²) in [5.74, 6) is -1.57. The predicted octanol–water partition coefficient (Wildman–Crippen LogP) is 14.8. The molecule has 0 saturated carbocycles. The van der Waals surface area contributed by atoms with E-state index in [1.165, 1.54) is 77.0 Å². The number of nitrogens with zero attached hydrogens (tertiary/aromatic N) is 1. The summed E-state index contributed by atoms with van der Waals surface area (Å²) in [7, 11) is 1.97. The molecule has 408 valence electrons. The molecule has 0 aromatic carbocycles. The van der Waals surface area contributed by atoms with E-state index in [-0.39, 0.29) is 44.4 Å². The molecule has 0 aromatic heterocycles. The number of nitrogens with one attached hydrogen (secondary N) is 1. The topological polar surface area (TPSA) is 147 Å². The van der Waals surface area contributed by atoms with E-state index in [2.05, 4.69) is 55.3 Å². The lowest BCUT2D eigenvalue weighted by Gasteiger charge is -2.21. The number of ether oxygens (including phenoxy) is 5. The molecule has 1 amide bonds. The quantitative estimate of drug-likeness (QED) is 0.0269. The highest BCUT2D eigenvalue weighted by molar-refractivity contribution is 5.72. The van der Waals surface area contributed by atoms with Gasteiger partial charge in [0.05, 0.1) is 13.0 Å². The fourth-order valence-corrected chi connectivity index (χ4v) is 7.93. The van der Waals surface area contributed by atoms with Gasteiger partial charge >= 0.3 is 30.0 Å². The number of hydrogen-bond donors (Lipinski definition) is 1. The van der Waals surface area contributed by atoms with Crippen LogP contribution in [0.5, 0.6) is 0 Å². The van der Waals surface area contributed by atoms with Gasteiger partial charge in [-0.15, -0.1) is 0 Å². The van der Waals surface area contributed by atoms with Crippen LogP contribution in [0.15, 0.2) is 24.3 Å². The molecular weight excluding hydrogens is 885 g/mol. The minimum Gasteiger partial charge on any atom is -0.466 e. The predicted molar refractivity (Wildman–Crippen MR) is 286 cm³/mol. The Morgan fingerprint density at radius 3 is 1.40 bits per heavy atom. The van der Waals surface area contributed by atoms with Crippen molar-refractivity contribution in [2.45, 2.75) is 271 Å². The van der Waals surface area contributed by atoms with Gasteiger partial charge in [0.25, 0.3) is 0 Å². The Morgan fingerprint density at radius 2 is 0.886 bits per heavy atom. The Morgan fingerprint density at radius 1 is 0.457 bits per heavy atom. The number of esters is 4. The van der Waals surface area contributed by atoms with Crippen LogP contribution in [0.1, 0.15) is 259 Å².